The molecule has 0 unspecified atom stereocenters. The van der Waals surface area contributed by atoms with Crippen molar-refractivity contribution in [2.24, 2.45) is 0 Å². The topological polar surface area (TPSA) is 90.6 Å². The first kappa shape index (κ1) is 18.3. The molecule has 0 atom stereocenters. The Hall–Kier alpha value is -3.69. The highest BCUT2D eigenvalue weighted by molar-refractivity contribution is 7.17. The van der Waals surface area contributed by atoms with Crippen LogP contribution in [0.1, 0.15) is 5.82 Å². The number of thiophene rings is 1. The van der Waals surface area contributed by atoms with Crippen molar-refractivity contribution < 1.29 is 4.74 Å². The lowest BCUT2D eigenvalue weighted by atomic mass is 10.1. The third kappa shape index (κ3) is 3.51. The van der Waals surface area contributed by atoms with E-state index in [1.165, 1.54) is 0 Å². The molecule has 0 bridgehead atoms. The molecule has 8 nitrogen and oxygen atoms in total. The van der Waals surface area contributed by atoms with E-state index in [2.05, 4.69) is 42.9 Å². The summed E-state index contributed by atoms with van der Waals surface area (Å²) in [5.74, 6) is 1.83. The Labute approximate surface area is 176 Å². The zero-order valence-electron chi connectivity index (χ0n) is 16.1. The van der Waals surface area contributed by atoms with Crippen LogP contribution in [0, 0.1) is 0 Å². The lowest BCUT2D eigenvalue weighted by Gasteiger charge is -2.09. The number of methoxy groups -OCH3 is 1. The Morgan fingerprint density at radius 2 is 1.90 bits per heavy atom. The number of ether oxygens (including phenoxy) is 1. The monoisotopic (exact) mass is 415 g/mol. The smallest absolute Gasteiger partial charge is 0.250 e. The van der Waals surface area contributed by atoms with Crippen LogP contribution in [0.25, 0.3) is 27.3 Å². The molecule has 9 heteroatoms. The van der Waals surface area contributed by atoms with E-state index < -0.39 is 0 Å². The Morgan fingerprint density at radius 1 is 1.07 bits per heavy atom. The van der Waals surface area contributed by atoms with Crippen molar-refractivity contribution in [2.45, 2.75) is 6.61 Å². The number of nitrogens with zero attached hydrogens (tertiary/aromatic N) is 6. The molecule has 0 radical (unpaired) electrons. The van der Waals surface area contributed by atoms with Crippen molar-refractivity contribution >= 4 is 33.1 Å². The van der Waals surface area contributed by atoms with Crippen LogP contribution >= 0.6 is 11.3 Å². The molecule has 0 spiro atoms. The maximum atomic E-state index is 5.25. The molecule has 0 aliphatic rings. The van der Waals surface area contributed by atoms with E-state index in [1.54, 1.807) is 47.8 Å². The van der Waals surface area contributed by atoms with E-state index in [4.69, 9.17) is 9.72 Å². The quantitative estimate of drug-likeness (QED) is 0.444. The highest BCUT2D eigenvalue weighted by Gasteiger charge is 2.16. The van der Waals surface area contributed by atoms with Gasteiger partial charge in [0.2, 0.25) is 5.95 Å². The molecule has 4 aromatic heterocycles. The predicted octanol–water partition coefficient (Wildman–Crippen LogP) is 4.22. The van der Waals surface area contributed by atoms with Crippen LogP contribution in [-0.2, 0) is 11.3 Å². The van der Waals surface area contributed by atoms with Gasteiger partial charge in [-0.25, -0.2) is 24.6 Å². The molecule has 0 saturated heterocycles. The molecule has 0 fully saturated rings. The summed E-state index contributed by atoms with van der Waals surface area (Å²) in [7, 11) is 1.63. The molecule has 148 valence electrons. The fourth-order valence-corrected chi connectivity index (χ4v) is 4.11. The molecule has 5 aromatic rings. The van der Waals surface area contributed by atoms with Crippen LogP contribution < -0.4 is 5.32 Å². The summed E-state index contributed by atoms with van der Waals surface area (Å²) in [6, 6.07) is 12.0. The first-order valence-corrected chi connectivity index (χ1v) is 10.1. The number of rotatable bonds is 6. The lowest BCUT2D eigenvalue weighted by molar-refractivity contribution is 0.178. The molecule has 0 amide bonds. The zero-order valence-corrected chi connectivity index (χ0v) is 16.9. The van der Waals surface area contributed by atoms with E-state index in [9.17, 15) is 0 Å². The zero-order chi connectivity index (χ0) is 20.3. The summed E-state index contributed by atoms with van der Waals surface area (Å²) in [5, 5.41) is 10.8. The maximum absolute atomic E-state index is 5.25. The molecule has 0 aliphatic carbocycles. The van der Waals surface area contributed by atoms with Crippen LogP contribution in [0.3, 0.4) is 0 Å². The first-order chi connectivity index (χ1) is 14.8. The van der Waals surface area contributed by atoms with Crippen molar-refractivity contribution in [1.82, 2.24) is 29.7 Å². The second kappa shape index (κ2) is 7.97. The van der Waals surface area contributed by atoms with Gasteiger partial charge in [-0.3, -0.25) is 0 Å². The molecule has 1 N–H and O–H groups in total. The summed E-state index contributed by atoms with van der Waals surface area (Å²) in [5.41, 5.74) is 2.97. The van der Waals surface area contributed by atoms with E-state index in [1.807, 2.05) is 24.4 Å². The standard InChI is InChI=1S/C21H17N7OS/c1-29-12-17-26-19(25-15-10-24-28(11-15)21-22-8-5-9-23-21)18-16(13-30-20(18)27-17)14-6-3-2-4-7-14/h2-11,13H,12H2,1H3,(H,25,26,27). The number of aromatic nitrogens is 6. The Balaban J connectivity index is 1.59. The fraction of sp³-hybridized carbons (Fsp3) is 0.0952. The number of benzene rings is 1. The fourth-order valence-electron chi connectivity index (χ4n) is 3.14. The van der Waals surface area contributed by atoms with Gasteiger partial charge in [-0.2, -0.15) is 5.10 Å². The average Bonchev–Trinajstić information content (AvgIpc) is 3.43. The molecular weight excluding hydrogens is 398 g/mol. The van der Waals surface area contributed by atoms with Crippen molar-refractivity contribution in [2.75, 3.05) is 12.4 Å². The van der Waals surface area contributed by atoms with Crippen LogP contribution in [-0.4, -0.2) is 36.8 Å². The second-order valence-corrected chi connectivity index (χ2v) is 7.32. The van der Waals surface area contributed by atoms with Gasteiger partial charge < -0.3 is 10.1 Å². The molecule has 1 aromatic carbocycles. The Morgan fingerprint density at radius 3 is 2.70 bits per heavy atom. The van der Waals surface area contributed by atoms with Gasteiger partial charge in [0.05, 0.1) is 23.5 Å². The molecule has 4 heterocycles. The van der Waals surface area contributed by atoms with Crippen LogP contribution in [0.4, 0.5) is 11.5 Å². The number of hydrogen-bond acceptors (Lipinski definition) is 8. The van der Waals surface area contributed by atoms with Crippen molar-refractivity contribution in [3.8, 4) is 17.1 Å². The van der Waals surface area contributed by atoms with E-state index >= 15 is 0 Å². The SMILES string of the molecule is COCc1nc(Nc2cnn(-c3ncccn3)c2)c2c(-c3ccccc3)csc2n1. The largest absolute Gasteiger partial charge is 0.377 e. The number of nitrogens with one attached hydrogen (secondary N) is 1. The minimum Gasteiger partial charge on any atom is -0.377 e. The molecule has 30 heavy (non-hydrogen) atoms. The average molecular weight is 415 g/mol. The van der Waals surface area contributed by atoms with Gasteiger partial charge in [0, 0.05) is 30.4 Å². The normalized spacial score (nSPS) is 11.1. The van der Waals surface area contributed by atoms with E-state index in [-0.39, 0.29) is 0 Å². The molecule has 0 aliphatic heterocycles. The summed E-state index contributed by atoms with van der Waals surface area (Å²) in [6.07, 6.45) is 6.90. The summed E-state index contributed by atoms with van der Waals surface area (Å²) < 4.78 is 6.87. The van der Waals surface area contributed by atoms with E-state index in [0.717, 1.165) is 27.0 Å². The Kier molecular flexibility index (Phi) is 4.88. The van der Waals surface area contributed by atoms with Crippen LogP contribution in [0.15, 0.2) is 66.6 Å². The maximum Gasteiger partial charge on any atom is 0.250 e. The molecule has 5 rings (SSSR count). The molecular formula is C21H17N7OS. The minimum absolute atomic E-state index is 0.334. The van der Waals surface area contributed by atoms with Gasteiger partial charge in [-0.15, -0.1) is 11.3 Å². The molecule has 0 saturated carbocycles. The number of anilines is 2. The van der Waals surface area contributed by atoms with Crippen molar-refractivity contribution in [3.05, 3.63) is 72.4 Å². The van der Waals surface area contributed by atoms with Gasteiger partial charge in [0.25, 0.3) is 0 Å². The highest BCUT2D eigenvalue weighted by atomic mass is 32.1. The second-order valence-electron chi connectivity index (χ2n) is 6.46. The van der Waals surface area contributed by atoms with Gasteiger partial charge >= 0.3 is 0 Å². The third-order valence-electron chi connectivity index (χ3n) is 4.44. The number of fused-ring (bicyclic) bond motifs is 1. The van der Waals surface area contributed by atoms with Crippen molar-refractivity contribution in [3.63, 3.8) is 0 Å². The van der Waals surface area contributed by atoms with Gasteiger partial charge in [-0.05, 0) is 11.6 Å². The van der Waals surface area contributed by atoms with Gasteiger partial charge in [0.15, 0.2) is 5.82 Å². The Bertz CT molecular complexity index is 1280. The first-order valence-electron chi connectivity index (χ1n) is 9.23. The minimum atomic E-state index is 0.334. The van der Waals surface area contributed by atoms with Gasteiger partial charge in [-0.1, -0.05) is 30.3 Å². The summed E-state index contributed by atoms with van der Waals surface area (Å²) in [4.78, 5) is 18.7. The van der Waals surface area contributed by atoms with E-state index in [0.29, 0.717) is 24.2 Å². The van der Waals surface area contributed by atoms with Crippen LogP contribution in [0.5, 0.6) is 0 Å². The van der Waals surface area contributed by atoms with Crippen molar-refractivity contribution in [1.29, 1.82) is 0 Å². The predicted molar refractivity (Wildman–Crippen MR) is 116 cm³/mol. The third-order valence-corrected chi connectivity index (χ3v) is 5.31. The number of hydrogen-bond donors (Lipinski definition) is 1. The van der Waals surface area contributed by atoms with Gasteiger partial charge in [0.1, 0.15) is 17.3 Å². The van der Waals surface area contributed by atoms with Crippen LogP contribution in [0.2, 0.25) is 0 Å². The lowest BCUT2D eigenvalue weighted by Crippen LogP contribution is -2.02. The summed E-state index contributed by atoms with van der Waals surface area (Å²) >= 11 is 1.59. The highest BCUT2D eigenvalue weighted by Crippen LogP contribution is 2.37. The summed E-state index contributed by atoms with van der Waals surface area (Å²) in [6.45, 7) is 0.334.